The van der Waals surface area contributed by atoms with Crippen LogP contribution >= 0.6 is 0 Å². The quantitative estimate of drug-likeness (QED) is 0.397. The second-order valence-electron chi connectivity index (χ2n) is 7.29. The summed E-state index contributed by atoms with van der Waals surface area (Å²) in [6, 6.07) is 29.2. The first-order valence-corrected chi connectivity index (χ1v) is 10.6. The highest BCUT2D eigenvalue weighted by molar-refractivity contribution is 5.96. The van der Waals surface area contributed by atoms with E-state index in [9.17, 15) is 14.4 Å². The molecule has 0 aliphatic heterocycles. The van der Waals surface area contributed by atoms with Gasteiger partial charge in [-0.3, -0.25) is 14.4 Å². The van der Waals surface area contributed by atoms with Gasteiger partial charge in [0.1, 0.15) is 12.4 Å². The first kappa shape index (κ1) is 22.5. The van der Waals surface area contributed by atoms with Gasteiger partial charge in [0.15, 0.2) is 6.61 Å². The third-order valence-electron chi connectivity index (χ3n) is 4.84. The summed E-state index contributed by atoms with van der Waals surface area (Å²) in [5, 5.41) is 9.83. The number of hydrogen-bond donors (Lipinski definition) is 2. The van der Waals surface area contributed by atoms with E-state index >= 15 is 0 Å². The van der Waals surface area contributed by atoms with Crippen LogP contribution < -0.4 is 10.6 Å². The number of rotatable bonds is 8. The Bertz CT molecular complexity index is 1270. The zero-order valence-corrected chi connectivity index (χ0v) is 18.2. The number of carbonyl (C=O) groups is 3. The summed E-state index contributed by atoms with van der Waals surface area (Å²) < 4.78 is 6.62. The molecule has 1 aromatic heterocycles. The molecule has 34 heavy (non-hydrogen) atoms. The van der Waals surface area contributed by atoms with Gasteiger partial charge in [-0.15, -0.1) is 0 Å². The maximum Gasteiger partial charge on any atom is 0.325 e. The number of amides is 2. The van der Waals surface area contributed by atoms with Crippen molar-refractivity contribution in [3.63, 3.8) is 0 Å². The lowest BCUT2D eigenvalue weighted by atomic mass is 10.2. The zero-order chi connectivity index (χ0) is 23.8. The lowest BCUT2D eigenvalue weighted by molar-refractivity contribution is -0.146. The molecule has 0 atom stereocenters. The Kier molecular flexibility index (Phi) is 7.09. The van der Waals surface area contributed by atoms with Gasteiger partial charge < -0.3 is 15.4 Å². The first-order chi connectivity index (χ1) is 16.6. The maximum atomic E-state index is 12.5. The molecule has 0 bridgehead atoms. The number of hydrogen-bond acceptors (Lipinski definition) is 5. The number of para-hydroxylation sites is 1. The molecule has 0 saturated carbocycles. The highest BCUT2D eigenvalue weighted by Crippen LogP contribution is 2.24. The highest BCUT2D eigenvalue weighted by Gasteiger charge is 2.15. The molecule has 170 valence electrons. The largest absolute Gasteiger partial charge is 0.454 e. The van der Waals surface area contributed by atoms with E-state index in [1.54, 1.807) is 41.1 Å². The van der Waals surface area contributed by atoms with Gasteiger partial charge in [0.05, 0.1) is 11.4 Å². The van der Waals surface area contributed by atoms with Crippen LogP contribution in [0.3, 0.4) is 0 Å². The Hall–Kier alpha value is -4.72. The predicted molar refractivity (Wildman–Crippen MR) is 127 cm³/mol. The average Bonchev–Trinajstić information content (AvgIpc) is 3.31. The maximum absolute atomic E-state index is 12.5. The number of nitrogens with one attached hydrogen (secondary N) is 2. The standard InChI is InChI=1S/C26H22N4O4/c31-24(18-34-25(32)17-27-26(33)20-12-6-2-7-13-20)28-23-16-22(19-10-4-1-5-11-19)29-30(23)21-14-8-3-9-15-21/h1-16H,17-18H2,(H,27,33)(H,28,31). The molecule has 2 amide bonds. The van der Waals surface area contributed by atoms with Gasteiger partial charge in [-0.2, -0.15) is 5.10 Å². The zero-order valence-electron chi connectivity index (χ0n) is 18.2. The molecule has 0 radical (unpaired) electrons. The van der Waals surface area contributed by atoms with Crippen molar-refractivity contribution in [1.82, 2.24) is 15.1 Å². The van der Waals surface area contributed by atoms with Crippen molar-refractivity contribution in [2.75, 3.05) is 18.5 Å². The molecule has 4 aromatic rings. The summed E-state index contributed by atoms with van der Waals surface area (Å²) in [5.74, 6) is -1.22. The van der Waals surface area contributed by atoms with Gasteiger partial charge in [-0.1, -0.05) is 66.7 Å². The van der Waals surface area contributed by atoms with Gasteiger partial charge in [-0.25, -0.2) is 4.68 Å². The molecule has 8 nitrogen and oxygen atoms in total. The summed E-state index contributed by atoms with van der Waals surface area (Å²) in [7, 11) is 0. The third kappa shape index (κ3) is 5.74. The minimum atomic E-state index is -0.721. The van der Waals surface area contributed by atoms with Crippen LogP contribution in [-0.2, 0) is 14.3 Å². The molecule has 1 heterocycles. The molecule has 3 aromatic carbocycles. The lowest BCUT2D eigenvalue weighted by Gasteiger charge is -2.09. The van der Waals surface area contributed by atoms with Crippen LogP contribution in [0.25, 0.3) is 16.9 Å². The van der Waals surface area contributed by atoms with Crippen molar-refractivity contribution >= 4 is 23.6 Å². The summed E-state index contributed by atoms with van der Waals surface area (Å²) in [6.07, 6.45) is 0. The van der Waals surface area contributed by atoms with Gasteiger partial charge >= 0.3 is 5.97 Å². The van der Waals surface area contributed by atoms with E-state index in [2.05, 4.69) is 15.7 Å². The van der Waals surface area contributed by atoms with Crippen molar-refractivity contribution in [2.24, 2.45) is 0 Å². The molecule has 0 fully saturated rings. The van der Waals surface area contributed by atoms with Gasteiger partial charge in [0.25, 0.3) is 11.8 Å². The van der Waals surface area contributed by atoms with Crippen LogP contribution in [0.15, 0.2) is 97.1 Å². The Balaban J connectivity index is 1.38. The van der Waals surface area contributed by atoms with E-state index in [0.717, 1.165) is 11.3 Å². The predicted octanol–water partition coefficient (Wildman–Crippen LogP) is 3.45. The number of esters is 1. The van der Waals surface area contributed by atoms with Crippen molar-refractivity contribution in [3.05, 3.63) is 103 Å². The molecule has 0 saturated heterocycles. The van der Waals surface area contributed by atoms with E-state index in [-0.39, 0.29) is 6.54 Å². The van der Waals surface area contributed by atoms with Crippen LogP contribution in [-0.4, -0.2) is 40.7 Å². The summed E-state index contributed by atoms with van der Waals surface area (Å²) in [5.41, 5.74) is 2.77. The first-order valence-electron chi connectivity index (χ1n) is 10.6. The highest BCUT2D eigenvalue weighted by atomic mass is 16.5. The van der Waals surface area contributed by atoms with Gasteiger partial charge in [0, 0.05) is 17.2 Å². The van der Waals surface area contributed by atoms with E-state index in [4.69, 9.17) is 4.74 Å². The summed E-state index contributed by atoms with van der Waals surface area (Å²) >= 11 is 0. The van der Waals surface area contributed by atoms with Crippen LogP contribution in [0.4, 0.5) is 5.82 Å². The third-order valence-corrected chi connectivity index (χ3v) is 4.84. The second-order valence-corrected chi connectivity index (χ2v) is 7.29. The van der Waals surface area contributed by atoms with E-state index in [0.29, 0.717) is 17.1 Å². The van der Waals surface area contributed by atoms with E-state index in [1.807, 2.05) is 60.7 Å². The number of aromatic nitrogens is 2. The SMILES string of the molecule is O=C(COC(=O)CNC(=O)c1ccccc1)Nc1cc(-c2ccccc2)nn1-c1ccccc1. The number of ether oxygens (including phenoxy) is 1. The smallest absolute Gasteiger partial charge is 0.325 e. The Morgan fingerprint density at radius 3 is 2.12 bits per heavy atom. The molecular weight excluding hydrogens is 432 g/mol. The van der Waals surface area contributed by atoms with E-state index in [1.165, 1.54) is 0 Å². The molecule has 0 spiro atoms. The fourth-order valence-corrected chi connectivity index (χ4v) is 3.21. The van der Waals surface area contributed by atoms with Crippen LogP contribution in [0.5, 0.6) is 0 Å². The Labute approximate surface area is 196 Å². The van der Waals surface area contributed by atoms with Crippen LogP contribution in [0, 0.1) is 0 Å². The fourth-order valence-electron chi connectivity index (χ4n) is 3.21. The summed E-state index contributed by atoms with van der Waals surface area (Å²) in [4.78, 5) is 36.5. The van der Waals surface area contributed by atoms with Gasteiger partial charge in [0.2, 0.25) is 0 Å². The second kappa shape index (κ2) is 10.7. The molecular formula is C26H22N4O4. The van der Waals surface area contributed by atoms with Crippen molar-refractivity contribution in [1.29, 1.82) is 0 Å². The Morgan fingerprint density at radius 1 is 0.824 bits per heavy atom. The number of nitrogens with zero attached hydrogens (tertiary/aromatic N) is 2. The van der Waals surface area contributed by atoms with Crippen molar-refractivity contribution in [2.45, 2.75) is 0 Å². The van der Waals surface area contributed by atoms with Gasteiger partial charge in [-0.05, 0) is 24.3 Å². The topological polar surface area (TPSA) is 102 Å². The number of anilines is 1. The summed E-state index contributed by atoms with van der Waals surface area (Å²) in [6.45, 7) is -0.845. The lowest BCUT2D eigenvalue weighted by Crippen LogP contribution is -2.32. The molecule has 2 N–H and O–H groups in total. The minimum absolute atomic E-state index is 0.346. The van der Waals surface area contributed by atoms with E-state index < -0.39 is 24.4 Å². The fraction of sp³-hybridized carbons (Fsp3) is 0.0769. The molecule has 0 aliphatic carbocycles. The normalized spacial score (nSPS) is 10.4. The average molecular weight is 454 g/mol. The monoisotopic (exact) mass is 454 g/mol. The number of benzene rings is 3. The molecule has 0 unspecified atom stereocenters. The number of carbonyl (C=O) groups excluding carboxylic acids is 3. The van der Waals surface area contributed by atoms with Crippen molar-refractivity contribution in [3.8, 4) is 16.9 Å². The molecule has 0 aliphatic rings. The molecule has 8 heteroatoms. The Morgan fingerprint density at radius 2 is 1.44 bits per heavy atom. The van der Waals surface area contributed by atoms with Crippen molar-refractivity contribution < 1.29 is 19.1 Å². The van der Waals surface area contributed by atoms with Crippen LogP contribution in [0.1, 0.15) is 10.4 Å². The van der Waals surface area contributed by atoms with Crippen LogP contribution in [0.2, 0.25) is 0 Å². The molecule has 4 rings (SSSR count). The minimum Gasteiger partial charge on any atom is -0.454 e.